The lowest BCUT2D eigenvalue weighted by Crippen LogP contribution is -2.17. The van der Waals surface area contributed by atoms with Gasteiger partial charge in [0.15, 0.2) is 0 Å². The molecule has 0 saturated carbocycles. The van der Waals surface area contributed by atoms with E-state index in [9.17, 15) is 18.0 Å². The van der Waals surface area contributed by atoms with E-state index in [1.165, 1.54) is 18.2 Å². The van der Waals surface area contributed by atoms with Gasteiger partial charge < -0.3 is 14.1 Å². The standard InChI is InChI=1S/C14H8F3IN2O2/c15-14(16,17)22-10-3-1-2-8(4-10)11-7-20-6-9(18)5-12(20)13(21)19-11/h1-7H,(H,19,21). The van der Waals surface area contributed by atoms with Gasteiger partial charge in [-0.3, -0.25) is 4.79 Å². The van der Waals surface area contributed by atoms with E-state index in [1.54, 1.807) is 28.9 Å². The van der Waals surface area contributed by atoms with Crippen molar-refractivity contribution in [3.8, 4) is 17.0 Å². The third-order valence-electron chi connectivity index (χ3n) is 2.94. The first-order valence-electron chi connectivity index (χ1n) is 6.08. The minimum atomic E-state index is -4.76. The molecule has 22 heavy (non-hydrogen) atoms. The van der Waals surface area contributed by atoms with Gasteiger partial charge in [0, 0.05) is 21.5 Å². The average molecular weight is 420 g/mol. The van der Waals surface area contributed by atoms with Crippen LogP contribution in [0.15, 0.2) is 47.5 Å². The van der Waals surface area contributed by atoms with Crippen LogP contribution in [0.5, 0.6) is 5.75 Å². The molecule has 0 radical (unpaired) electrons. The summed E-state index contributed by atoms with van der Waals surface area (Å²) in [6, 6.07) is 7.16. The molecule has 0 atom stereocenters. The molecule has 8 heteroatoms. The van der Waals surface area contributed by atoms with Gasteiger partial charge in [-0.15, -0.1) is 13.2 Å². The first-order valence-corrected chi connectivity index (χ1v) is 7.16. The van der Waals surface area contributed by atoms with Crippen LogP contribution in [0.1, 0.15) is 0 Å². The van der Waals surface area contributed by atoms with E-state index in [2.05, 4.69) is 32.3 Å². The zero-order valence-electron chi connectivity index (χ0n) is 10.8. The normalized spacial score (nSPS) is 11.8. The predicted molar refractivity (Wildman–Crippen MR) is 82.9 cm³/mol. The van der Waals surface area contributed by atoms with Crippen molar-refractivity contribution >= 4 is 28.1 Å². The second-order valence-corrected chi connectivity index (χ2v) is 5.77. The molecule has 0 aliphatic carbocycles. The number of rotatable bonds is 2. The Labute approximate surface area is 135 Å². The Kier molecular flexibility index (Phi) is 3.63. The molecule has 1 N–H and O–H groups in total. The van der Waals surface area contributed by atoms with Gasteiger partial charge in [-0.05, 0) is 40.8 Å². The summed E-state index contributed by atoms with van der Waals surface area (Å²) in [6.45, 7) is 0. The fourth-order valence-corrected chi connectivity index (χ4v) is 2.69. The maximum atomic E-state index is 12.3. The van der Waals surface area contributed by atoms with E-state index in [0.29, 0.717) is 16.8 Å². The van der Waals surface area contributed by atoms with Crippen molar-refractivity contribution in [2.24, 2.45) is 0 Å². The molecule has 0 aliphatic rings. The minimum absolute atomic E-state index is 0.317. The highest BCUT2D eigenvalue weighted by Crippen LogP contribution is 2.27. The number of hydrogen-bond acceptors (Lipinski definition) is 2. The van der Waals surface area contributed by atoms with Crippen LogP contribution in [0.25, 0.3) is 16.8 Å². The molecular formula is C14H8F3IN2O2. The number of aromatic nitrogens is 2. The van der Waals surface area contributed by atoms with Crippen LogP contribution < -0.4 is 10.3 Å². The van der Waals surface area contributed by atoms with Crippen molar-refractivity contribution in [1.29, 1.82) is 0 Å². The molecule has 114 valence electrons. The molecule has 2 aromatic heterocycles. The molecule has 3 aromatic rings. The monoisotopic (exact) mass is 420 g/mol. The molecule has 3 rings (SSSR count). The molecule has 0 amide bonds. The van der Waals surface area contributed by atoms with Crippen LogP contribution in [0, 0.1) is 3.57 Å². The summed E-state index contributed by atoms with van der Waals surface area (Å²) in [4.78, 5) is 14.7. The van der Waals surface area contributed by atoms with Gasteiger partial charge in [-0.2, -0.15) is 0 Å². The zero-order valence-corrected chi connectivity index (χ0v) is 13.0. The third-order valence-corrected chi connectivity index (χ3v) is 3.53. The fraction of sp³-hybridized carbons (Fsp3) is 0.0714. The maximum absolute atomic E-state index is 12.3. The van der Waals surface area contributed by atoms with Crippen LogP contribution in [0.2, 0.25) is 0 Å². The lowest BCUT2D eigenvalue weighted by Gasteiger charge is -2.10. The fourth-order valence-electron chi connectivity index (χ4n) is 2.10. The van der Waals surface area contributed by atoms with Crippen LogP contribution in [0.4, 0.5) is 13.2 Å². The van der Waals surface area contributed by atoms with Crippen molar-refractivity contribution in [2.45, 2.75) is 6.36 Å². The maximum Gasteiger partial charge on any atom is 0.573 e. The summed E-state index contributed by atoms with van der Waals surface area (Å²) >= 11 is 2.08. The Hall–Kier alpha value is -1.97. The Balaban J connectivity index is 2.07. The smallest absolute Gasteiger partial charge is 0.406 e. The number of halogens is 4. The summed E-state index contributed by atoms with van der Waals surface area (Å²) in [5, 5.41) is 0. The third kappa shape index (κ3) is 3.11. The average Bonchev–Trinajstić information content (AvgIpc) is 2.78. The van der Waals surface area contributed by atoms with Crippen molar-refractivity contribution < 1.29 is 17.9 Å². The van der Waals surface area contributed by atoms with E-state index in [4.69, 9.17) is 0 Å². The first-order chi connectivity index (χ1) is 10.3. The molecule has 0 saturated heterocycles. The number of nitrogens with zero attached hydrogens (tertiary/aromatic N) is 1. The van der Waals surface area contributed by atoms with Crippen LogP contribution in [0.3, 0.4) is 0 Å². The second-order valence-electron chi connectivity index (χ2n) is 4.52. The lowest BCUT2D eigenvalue weighted by molar-refractivity contribution is -0.274. The van der Waals surface area contributed by atoms with Crippen molar-refractivity contribution in [1.82, 2.24) is 9.38 Å². The van der Waals surface area contributed by atoms with Crippen molar-refractivity contribution in [3.05, 3.63) is 56.6 Å². The second kappa shape index (κ2) is 5.34. The van der Waals surface area contributed by atoms with E-state index in [-0.39, 0.29) is 11.3 Å². The van der Waals surface area contributed by atoms with Gasteiger partial charge in [0.2, 0.25) is 0 Å². The molecule has 0 spiro atoms. The predicted octanol–water partition coefficient (Wildman–Crippen LogP) is 3.80. The van der Waals surface area contributed by atoms with Crippen LogP contribution in [-0.2, 0) is 0 Å². The minimum Gasteiger partial charge on any atom is -0.406 e. The molecule has 0 unspecified atom stereocenters. The number of H-pyrrole nitrogens is 1. The quantitative estimate of drug-likeness (QED) is 0.642. The molecular weight excluding hydrogens is 412 g/mol. The van der Waals surface area contributed by atoms with Gasteiger partial charge in [-0.25, -0.2) is 0 Å². The van der Waals surface area contributed by atoms with Gasteiger partial charge in [0.1, 0.15) is 11.3 Å². The summed E-state index contributed by atoms with van der Waals surface area (Å²) in [6.07, 6.45) is -1.36. The number of benzene rings is 1. The highest BCUT2D eigenvalue weighted by molar-refractivity contribution is 14.1. The zero-order chi connectivity index (χ0) is 15.9. The molecule has 0 bridgehead atoms. The number of nitrogens with one attached hydrogen (secondary N) is 1. The Bertz CT molecular complexity index is 899. The van der Waals surface area contributed by atoms with Crippen LogP contribution in [-0.4, -0.2) is 15.7 Å². The Morgan fingerprint density at radius 1 is 1.18 bits per heavy atom. The highest BCUT2D eigenvalue weighted by atomic mass is 127. The van der Waals surface area contributed by atoms with E-state index in [0.717, 1.165) is 3.57 Å². The molecule has 2 heterocycles. The topological polar surface area (TPSA) is 46.5 Å². The molecule has 0 aliphatic heterocycles. The summed E-state index contributed by atoms with van der Waals surface area (Å²) in [7, 11) is 0. The van der Waals surface area contributed by atoms with E-state index in [1.807, 2.05) is 0 Å². The SMILES string of the molecule is O=c1[nH]c(-c2cccc(OC(F)(F)F)c2)cn2cc(I)cc12. The Morgan fingerprint density at radius 3 is 2.68 bits per heavy atom. The molecule has 0 fully saturated rings. The first kappa shape index (κ1) is 14.9. The number of ether oxygens (including phenoxy) is 1. The highest BCUT2D eigenvalue weighted by Gasteiger charge is 2.31. The van der Waals surface area contributed by atoms with Gasteiger partial charge in [-0.1, -0.05) is 12.1 Å². The van der Waals surface area contributed by atoms with Crippen molar-refractivity contribution in [3.63, 3.8) is 0 Å². The van der Waals surface area contributed by atoms with Gasteiger partial charge in [0.25, 0.3) is 5.56 Å². The van der Waals surface area contributed by atoms with E-state index < -0.39 is 6.36 Å². The number of aromatic amines is 1. The summed E-state index contributed by atoms with van der Waals surface area (Å²) in [5.74, 6) is -0.340. The molecule has 4 nitrogen and oxygen atoms in total. The lowest BCUT2D eigenvalue weighted by atomic mass is 10.1. The van der Waals surface area contributed by atoms with E-state index >= 15 is 0 Å². The summed E-state index contributed by atoms with van der Waals surface area (Å²) in [5.41, 5.74) is 0.972. The van der Waals surface area contributed by atoms with Gasteiger partial charge in [0.05, 0.1) is 5.69 Å². The Morgan fingerprint density at radius 2 is 1.95 bits per heavy atom. The molecule has 1 aromatic carbocycles. The van der Waals surface area contributed by atoms with Gasteiger partial charge >= 0.3 is 6.36 Å². The largest absolute Gasteiger partial charge is 0.573 e. The summed E-state index contributed by atoms with van der Waals surface area (Å²) < 4.78 is 43.2. The van der Waals surface area contributed by atoms with Crippen molar-refractivity contribution in [2.75, 3.05) is 0 Å². The number of alkyl halides is 3. The number of fused-ring (bicyclic) bond motifs is 1. The van der Waals surface area contributed by atoms with Crippen LogP contribution >= 0.6 is 22.6 Å². The number of hydrogen-bond donors (Lipinski definition) is 1.